The van der Waals surface area contributed by atoms with Gasteiger partial charge in [-0.2, -0.15) is 13.2 Å². The van der Waals surface area contributed by atoms with Gasteiger partial charge in [-0.15, -0.1) is 0 Å². The molecule has 0 aromatic heterocycles. The first-order chi connectivity index (χ1) is 15.1. The lowest BCUT2D eigenvalue weighted by Gasteiger charge is -2.32. The van der Waals surface area contributed by atoms with Crippen LogP contribution in [0.1, 0.15) is 61.0 Å². The fourth-order valence-electron chi connectivity index (χ4n) is 4.30. The van der Waals surface area contributed by atoms with E-state index in [-0.39, 0.29) is 36.7 Å². The number of imide groups is 1. The first-order valence-corrected chi connectivity index (χ1v) is 11.2. The van der Waals surface area contributed by atoms with Crippen LogP contribution in [-0.2, 0) is 22.1 Å². The van der Waals surface area contributed by atoms with Gasteiger partial charge in [-0.05, 0) is 49.8 Å². The Morgan fingerprint density at radius 1 is 1.31 bits per heavy atom. The monoisotopic (exact) mass is 458 g/mol. The van der Waals surface area contributed by atoms with Crippen LogP contribution in [0.2, 0.25) is 0 Å². The summed E-state index contributed by atoms with van der Waals surface area (Å²) in [6, 6.07) is 2.86. The summed E-state index contributed by atoms with van der Waals surface area (Å²) in [4.78, 5) is 26.8. The van der Waals surface area contributed by atoms with Crippen molar-refractivity contribution in [2.24, 2.45) is 5.92 Å². The molecule has 2 amide bonds. The summed E-state index contributed by atoms with van der Waals surface area (Å²) >= 11 is 0. The molecule has 1 fully saturated rings. The zero-order valence-corrected chi connectivity index (χ0v) is 18.4. The third kappa shape index (κ3) is 5.67. The molecule has 4 atom stereocenters. The predicted octanol–water partition coefficient (Wildman–Crippen LogP) is 4.14. The molecule has 0 saturated carbocycles. The number of halogens is 4. The zero-order valence-electron chi connectivity index (χ0n) is 18.4. The molecule has 1 N–H and O–H groups in total. The molecule has 1 saturated heterocycles. The third-order valence-corrected chi connectivity index (χ3v) is 6.38. The molecule has 9 heteroatoms. The average molecular weight is 458 g/mol. The van der Waals surface area contributed by atoms with Gasteiger partial charge in [-0.3, -0.25) is 14.5 Å². The zero-order chi connectivity index (χ0) is 23.5. The summed E-state index contributed by atoms with van der Waals surface area (Å²) < 4.78 is 58.3. The van der Waals surface area contributed by atoms with Crippen molar-refractivity contribution in [3.05, 3.63) is 34.9 Å². The van der Waals surface area contributed by atoms with Crippen molar-refractivity contribution >= 4 is 11.8 Å². The molecule has 0 radical (unpaired) electrons. The van der Waals surface area contributed by atoms with Gasteiger partial charge in [0.1, 0.15) is 6.17 Å². The molecule has 178 valence electrons. The number of benzene rings is 1. The third-order valence-electron chi connectivity index (χ3n) is 6.38. The van der Waals surface area contributed by atoms with Crippen molar-refractivity contribution in [3.8, 4) is 0 Å². The topological polar surface area (TPSA) is 58.6 Å². The number of carbonyl (C=O) groups excluding carboxylic acids is 2. The van der Waals surface area contributed by atoms with Crippen LogP contribution in [0.4, 0.5) is 17.6 Å². The van der Waals surface area contributed by atoms with Crippen molar-refractivity contribution in [2.75, 3.05) is 19.8 Å². The SMILES string of the molecule is CCC(CC[C@@H](C)C(=O)N1CCc2ccc(C(F)(F)F)cc2C1=O)NC1CCOCC1F. The van der Waals surface area contributed by atoms with Crippen LogP contribution in [0.5, 0.6) is 0 Å². The van der Waals surface area contributed by atoms with E-state index in [9.17, 15) is 27.2 Å². The molecule has 2 aliphatic heterocycles. The minimum atomic E-state index is -4.56. The summed E-state index contributed by atoms with van der Waals surface area (Å²) in [5.41, 5.74) is -0.441. The lowest BCUT2D eigenvalue weighted by molar-refractivity contribution is -0.137. The fraction of sp³-hybridized carbons (Fsp3) is 0.652. The summed E-state index contributed by atoms with van der Waals surface area (Å²) in [6.45, 7) is 4.45. The minimum Gasteiger partial charge on any atom is -0.378 e. The van der Waals surface area contributed by atoms with E-state index in [0.717, 1.165) is 23.5 Å². The van der Waals surface area contributed by atoms with Crippen molar-refractivity contribution in [1.29, 1.82) is 0 Å². The molecule has 3 rings (SSSR count). The number of nitrogens with one attached hydrogen (secondary N) is 1. The highest BCUT2D eigenvalue weighted by molar-refractivity contribution is 6.07. The number of hydrogen-bond acceptors (Lipinski definition) is 4. The Hall–Kier alpha value is -2.00. The number of hydrogen-bond donors (Lipinski definition) is 1. The average Bonchev–Trinajstić information content (AvgIpc) is 2.76. The molecule has 2 heterocycles. The van der Waals surface area contributed by atoms with Crippen molar-refractivity contribution in [1.82, 2.24) is 10.2 Å². The van der Waals surface area contributed by atoms with Gasteiger partial charge in [0.15, 0.2) is 0 Å². The molecule has 3 unspecified atom stereocenters. The van der Waals surface area contributed by atoms with Gasteiger partial charge < -0.3 is 10.1 Å². The molecule has 1 aromatic carbocycles. The lowest BCUT2D eigenvalue weighted by atomic mass is 9.93. The Morgan fingerprint density at radius 2 is 2.06 bits per heavy atom. The van der Waals surface area contributed by atoms with Crippen LogP contribution in [0.25, 0.3) is 0 Å². The number of fused-ring (bicyclic) bond motifs is 1. The molecule has 1 aromatic rings. The first-order valence-electron chi connectivity index (χ1n) is 11.2. The van der Waals surface area contributed by atoms with Gasteiger partial charge in [0.05, 0.1) is 12.2 Å². The van der Waals surface area contributed by atoms with Gasteiger partial charge in [0.25, 0.3) is 5.91 Å². The van der Waals surface area contributed by atoms with E-state index in [1.165, 1.54) is 6.07 Å². The van der Waals surface area contributed by atoms with Gasteiger partial charge in [-0.1, -0.05) is 19.9 Å². The van der Waals surface area contributed by atoms with E-state index >= 15 is 0 Å². The second-order valence-corrected chi connectivity index (χ2v) is 8.65. The molecule has 0 aliphatic carbocycles. The van der Waals surface area contributed by atoms with E-state index in [2.05, 4.69) is 5.32 Å². The molecular formula is C23H30F4N2O3. The minimum absolute atomic E-state index is 0.0266. The van der Waals surface area contributed by atoms with Crippen molar-refractivity contribution in [2.45, 2.75) is 70.4 Å². The second kappa shape index (κ2) is 10.3. The van der Waals surface area contributed by atoms with E-state index in [4.69, 9.17) is 4.74 Å². The highest BCUT2D eigenvalue weighted by atomic mass is 19.4. The van der Waals surface area contributed by atoms with E-state index in [0.29, 0.717) is 37.9 Å². The quantitative estimate of drug-likeness (QED) is 0.624. The number of alkyl halides is 4. The summed E-state index contributed by atoms with van der Waals surface area (Å²) in [7, 11) is 0. The van der Waals surface area contributed by atoms with Crippen LogP contribution in [0, 0.1) is 5.92 Å². The molecule has 5 nitrogen and oxygen atoms in total. The second-order valence-electron chi connectivity index (χ2n) is 8.65. The van der Waals surface area contributed by atoms with Crippen molar-refractivity contribution in [3.63, 3.8) is 0 Å². The molecule has 2 aliphatic rings. The van der Waals surface area contributed by atoms with Gasteiger partial charge in [0, 0.05) is 36.7 Å². The summed E-state index contributed by atoms with van der Waals surface area (Å²) in [5.74, 6) is -1.54. The molecule has 0 bridgehead atoms. The van der Waals surface area contributed by atoms with Crippen LogP contribution >= 0.6 is 0 Å². The maximum atomic E-state index is 14.0. The first kappa shape index (κ1) is 24.6. The smallest absolute Gasteiger partial charge is 0.378 e. The largest absolute Gasteiger partial charge is 0.416 e. The number of amides is 2. The lowest BCUT2D eigenvalue weighted by Crippen LogP contribution is -2.48. The number of ether oxygens (including phenoxy) is 1. The van der Waals surface area contributed by atoms with Crippen LogP contribution in [0.15, 0.2) is 18.2 Å². The summed E-state index contributed by atoms with van der Waals surface area (Å²) in [6.07, 6.45) is -2.81. The Kier molecular flexibility index (Phi) is 7.92. The van der Waals surface area contributed by atoms with E-state index in [1.54, 1.807) is 6.92 Å². The van der Waals surface area contributed by atoms with Gasteiger partial charge in [-0.25, -0.2) is 4.39 Å². The maximum absolute atomic E-state index is 14.0. The number of carbonyl (C=O) groups is 2. The maximum Gasteiger partial charge on any atom is 0.416 e. The van der Waals surface area contributed by atoms with E-state index < -0.39 is 29.7 Å². The predicted molar refractivity (Wildman–Crippen MR) is 111 cm³/mol. The molecule has 0 spiro atoms. The fourth-order valence-corrected chi connectivity index (χ4v) is 4.30. The van der Waals surface area contributed by atoms with Gasteiger partial charge in [0.2, 0.25) is 5.91 Å². The van der Waals surface area contributed by atoms with Crippen LogP contribution in [-0.4, -0.2) is 54.7 Å². The molecule has 32 heavy (non-hydrogen) atoms. The number of rotatable bonds is 7. The van der Waals surface area contributed by atoms with Gasteiger partial charge >= 0.3 is 6.18 Å². The Balaban J connectivity index is 1.60. The standard InChI is InChI=1S/C23H30F4N2O3/c1-3-17(28-20-9-11-32-13-19(20)24)7-4-14(2)21(30)29-10-8-15-5-6-16(23(25,26)27)12-18(15)22(29)31/h5-6,12,14,17,19-20,28H,3-4,7-11,13H2,1-2H3/t14-,17?,19?,20?/m1/s1. The molecular weight excluding hydrogens is 428 g/mol. The van der Waals surface area contributed by atoms with Crippen molar-refractivity contribution < 1.29 is 31.9 Å². The van der Waals surface area contributed by atoms with E-state index in [1.807, 2.05) is 6.92 Å². The highest BCUT2D eigenvalue weighted by Gasteiger charge is 2.36. The Morgan fingerprint density at radius 3 is 2.72 bits per heavy atom. The van der Waals surface area contributed by atoms with Crippen LogP contribution < -0.4 is 5.32 Å². The Bertz CT molecular complexity index is 830. The summed E-state index contributed by atoms with van der Waals surface area (Å²) in [5, 5.41) is 3.32. The van der Waals surface area contributed by atoms with Crippen LogP contribution in [0.3, 0.4) is 0 Å². The number of nitrogens with zero attached hydrogens (tertiary/aromatic N) is 1. The highest BCUT2D eigenvalue weighted by Crippen LogP contribution is 2.32. The Labute approximate surface area is 185 Å². The normalized spacial score (nSPS) is 23.6.